The van der Waals surface area contributed by atoms with E-state index in [2.05, 4.69) is 26.8 Å². The fourth-order valence-electron chi connectivity index (χ4n) is 4.85. The van der Waals surface area contributed by atoms with Gasteiger partial charge in [0.1, 0.15) is 10.7 Å². The molecule has 174 valence electrons. The summed E-state index contributed by atoms with van der Waals surface area (Å²) in [6, 6.07) is 5.40. The Bertz CT molecular complexity index is 1460. The zero-order valence-corrected chi connectivity index (χ0v) is 20.3. The van der Waals surface area contributed by atoms with Crippen LogP contribution < -0.4 is 14.8 Å². The van der Waals surface area contributed by atoms with Gasteiger partial charge in [0, 0.05) is 22.5 Å². The van der Waals surface area contributed by atoms with Crippen molar-refractivity contribution in [3.63, 3.8) is 0 Å². The Morgan fingerprint density at radius 1 is 1.24 bits per heavy atom. The van der Waals surface area contributed by atoms with Crippen LogP contribution in [0.1, 0.15) is 48.4 Å². The highest BCUT2D eigenvalue weighted by Crippen LogP contribution is 2.44. The van der Waals surface area contributed by atoms with Crippen LogP contribution >= 0.6 is 23.1 Å². The molecule has 3 aliphatic rings. The number of nitrogens with one attached hydrogen (secondary N) is 1. The Balaban J connectivity index is 1.19. The number of benzene rings is 1. The first-order valence-electron chi connectivity index (χ1n) is 11.7. The van der Waals surface area contributed by atoms with Crippen molar-refractivity contribution in [1.29, 1.82) is 0 Å². The third kappa shape index (κ3) is 3.42. The zero-order valence-electron chi connectivity index (χ0n) is 18.7. The second-order valence-corrected chi connectivity index (χ2v) is 11.3. The summed E-state index contributed by atoms with van der Waals surface area (Å²) in [7, 11) is 0. The number of thiophene rings is 1. The summed E-state index contributed by atoms with van der Waals surface area (Å²) in [6.45, 7) is 2.53. The molecule has 1 amide bonds. The molecule has 4 aromatic rings. The van der Waals surface area contributed by atoms with Crippen molar-refractivity contribution in [1.82, 2.24) is 19.6 Å². The number of fused-ring (bicyclic) bond motifs is 6. The molecule has 1 fully saturated rings. The summed E-state index contributed by atoms with van der Waals surface area (Å²) >= 11 is 3.23. The van der Waals surface area contributed by atoms with Gasteiger partial charge >= 0.3 is 0 Å². The van der Waals surface area contributed by atoms with Gasteiger partial charge in [-0.25, -0.2) is 4.98 Å². The summed E-state index contributed by atoms with van der Waals surface area (Å²) in [5, 5.41) is 14.0. The second-order valence-electron chi connectivity index (χ2n) is 9.32. The monoisotopic (exact) mass is 493 g/mol. The number of carbonyl (C=O) groups excluding carboxylic acids is 1. The van der Waals surface area contributed by atoms with Gasteiger partial charge in [-0.1, -0.05) is 18.7 Å². The maximum Gasteiger partial charge on any atom is 0.234 e. The third-order valence-electron chi connectivity index (χ3n) is 6.73. The molecule has 0 radical (unpaired) electrons. The Kier molecular flexibility index (Phi) is 4.73. The van der Waals surface area contributed by atoms with Crippen LogP contribution in [0.3, 0.4) is 0 Å². The van der Waals surface area contributed by atoms with Gasteiger partial charge in [-0.15, -0.1) is 21.5 Å². The van der Waals surface area contributed by atoms with Crippen molar-refractivity contribution < 1.29 is 14.3 Å². The van der Waals surface area contributed by atoms with E-state index in [1.165, 1.54) is 34.0 Å². The van der Waals surface area contributed by atoms with E-state index in [1.54, 1.807) is 12.1 Å². The van der Waals surface area contributed by atoms with Crippen LogP contribution in [0, 0.1) is 5.92 Å². The minimum absolute atomic E-state index is 0.107. The average molecular weight is 494 g/mol. The minimum atomic E-state index is -0.107. The molecule has 7 rings (SSSR count). The van der Waals surface area contributed by atoms with Gasteiger partial charge in [-0.05, 0) is 55.7 Å². The zero-order chi connectivity index (χ0) is 22.8. The Morgan fingerprint density at radius 2 is 2.12 bits per heavy atom. The molecular formula is C24H23N5O3S2. The first-order valence-corrected chi connectivity index (χ1v) is 13.5. The lowest BCUT2D eigenvalue weighted by atomic mass is 9.89. The van der Waals surface area contributed by atoms with Crippen molar-refractivity contribution in [3.8, 4) is 11.5 Å². The number of rotatable bonds is 5. The minimum Gasteiger partial charge on any atom is -0.454 e. The molecule has 1 unspecified atom stereocenters. The van der Waals surface area contributed by atoms with E-state index in [0.29, 0.717) is 29.0 Å². The maximum absolute atomic E-state index is 12.7. The maximum atomic E-state index is 12.7. The Hall–Kier alpha value is -2.85. The molecule has 8 nitrogen and oxygen atoms in total. The van der Waals surface area contributed by atoms with Crippen LogP contribution in [-0.4, -0.2) is 38.0 Å². The summed E-state index contributed by atoms with van der Waals surface area (Å²) in [5.41, 5.74) is 2.99. The molecule has 0 spiro atoms. The number of aromatic nitrogens is 4. The van der Waals surface area contributed by atoms with Gasteiger partial charge in [0.25, 0.3) is 0 Å². The molecule has 1 atom stereocenters. The number of nitrogens with zero attached hydrogens (tertiary/aromatic N) is 4. The normalized spacial score (nSPS) is 19.0. The van der Waals surface area contributed by atoms with Crippen molar-refractivity contribution in [3.05, 3.63) is 34.5 Å². The summed E-state index contributed by atoms with van der Waals surface area (Å²) in [5.74, 6) is 3.67. The van der Waals surface area contributed by atoms with E-state index in [9.17, 15) is 4.79 Å². The van der Waals surface area contributed by atoms with Gasteiger partial charge in [-0.2, -0.15) is 0 Å². The van der Waals surface area contributed by atoms with Gasteiger partial charge in [0.2, 0.25) is 12.7 Å². The number of thioether (sulfide) groups is 1. The number of hydrogen-bond donors (Lipinski definition) is 1. The molecule has 4 heterocycles. The van der Waals surface area contributed by atoms with Crippen molar-refractivity contribution in [2.45, 2.75) is 50.1 Å². The van der Waals surface area contributed by atoms with Crippen molar-refractivity contribution >= 4 is 50.6 Å². The second kappa shape index (κ2) is 7.84. The molecule has 0 saturated heterocycles. The molecule has 1 saturated carbocycles. The van der Waals surface area contributed by atoms with Crippen LogP contribution in [0.4, 0.5) is 5.69 Å². The molecule has 1 aliphatic heterocycles. The molecule has 2 aliphatic carbocycles. The molecule has 1 aromatic carbocycles. The number of hydrogen-bond acceptors (Lipinski definition) is 8. The van der Waals surface area contributed by atoms with E-state index in [1.807, 2.05) is 17.4 Å². The van der Waals surface area contributed by atoms with Crippen LogP contribution in [-0.2, 0) is 17.6 Å². The molecular weight excluding hydrogens is 470 g/mol. The topological polar surface area (TPSA) is 90.6 Å². The molecule has 3 aromatic heterocycles. The molecule has 34 heavy (non-hydrogen) atoms. The van der Waals surface area contributed by atoms with E-state index in [-0.39, 0.29) is 18.5 Å². The smallest absolute Gasteiger partial charge is 0.234 e. The van der Waals surface area contributed by atoms with Crippen LogP contribution in [0.15, 0.2) is 23.4 Å². The van der Waals surface area contributed by atoms with Crippen molar-refractivity contribution in [2.24, 2.45) is 5.92 Å². The first kappa shape index (κ1) is 20.5. The first-order chi connectivity index (χ1) is 16.6. The van der Waals surface area contributed by atoms with Crippen LogP contribution in [0.5, 0.6) is 11.5 Å². The van der Waals surface area contributed by atoms with E-state index < -0.39 is 0 Å². The molecule has 10 heteroatoms. The summed E-state index contributed by atoms with van der Waals surface area (Å²) in [6.07, 6.45) is 5.68. The van der Waals surface area contributed by atoms with Crippen LogP contribution in [0.2, 0.25) is 0 Å². The van der Waals surface area contributed by atoms with E-state index >= 15 is 0 Å². The number of carbonyl (C=O) groups is 1. The number of amides is 1. The summed E-state index contributed by atoms with van der Waals surface area (Å²) in [4.78, 5) is 20.4. The standard InChI is InChI=1S/C24H23N5O3S2/c1-12-2-6-15-18(8-12)34-23-20(15)22-27-28-24(29(22)21(26-23)13-3-4-13)33-10-19(30)25-14-5-7-16-17(9-14)32-11-31-16/h5,7,9,12-13H,2-4,6,8,10-11H2,1H3,(H,25,30). The highest BCUT2D eigenvalue weighted by molar-refractivity contribution is 7.99. The number of aryl methyl sites for hydroxylation is 1. The molecule has 1 N–H and O–H groups in total. The van der Waals surface area contributed by atoms with Gasteiger partial charge in [0.05, 0.1) is 11.1 Å². The SMILES string of the molecule is CC1CCc2c(sc3nc(C4CC4)n4c(SCC(=O)Nc5ccc6c(c5)OCO6)nnc4c23)C1. The van der Waals surface area contributed by atoms with Gasteiger partial charge in [0.15, 0.2) is 22.3 Å². The highest BCUT2D eigenvalue weighted by atomic mass is 32.2. The predicted molar refractivity (Wildman–Crippen MR) is 131 cm³/mol. The lowest BCUT2D eigenvalue weighted by Crippen LogP contribution is -2.14. The van der Waals surface area contributed by atoms with Crippen LogP contribution in [0.25, 0.3) is 15.9 Å². The number of ether oxygens (including phenoxy) is 2. The summed E-state index contributed by atoms with van der Waals surface area (Å²) < 4.78 is 12.8. The van der Waals surface area contributed by atoms with Crippen molar-refractivity contribution in [2.75, 3.05) is 17.9 Å². The van der Waals surface area contributed by atoms with Gasteiger partial charge in [-0.3, -0.25) is 9.20 Å². The van der Waals surface area contributed by atoms with Gasteiger partial charge < -0.3 is 14.8 Å². The van der Waals surface area contributed by atoms with E-state index in [4.69, 9.17) is 14.5 Å². The fraction of sp³-hybridized carbons (Fsp3) is 0.417. The Morgan fingerprint density at radius 3 is 3.00 bits per heavy atom. The largest absolute Gasteiger partial charge is 0.454 e. The quantitative estimate of drug-likeness (QED) is 0.399. The predicted octanol–water partition coefficient (Wildman–Crippen LogP) is 4.80. The van der Waals surface area contributed by atoms with E-state index in [0.717, 1.165) is 47.1 Å². The Labute approximate surface area is 204 Å². The lowest BCUT2D eigenvalue weighted by molar-refractivity contribution is -0.113. The average Bonchev–Trinajstić information content (AvgIpc) is 3.25. The third-order valence-corrected chi connectivity index (χ3v) is 8.80. The lowest BCUT2D eigenvalue weighted by Gasteiger charge is -2.17. The number of anilines is 1. The highest BCUT2D eigenvalue weighted by Gasteiger charge is 2.32. The fourth-order valence-corrected chi connectivity index (χ4v) is 6.97. The molecule has 0 bridgehead atoms.